The summed E-state index contributed by atoms with van der Waals surface area (Å²) in [7, 11) is 0. The average molecular weight is 282 g/mol. The Morgan fingerprint density at radius 2 is 2.20 bits per heavy atom. The van der Waals surface area contributed by atoms with Crippen LogP contribution in [0.1, 0.15) is 40.0 Å². The van der Waals surface area contributed by atoms with Gasteiger partial charge in [-0.25, -0.2) is 4.79 Å². The van der Waals surface area contributed by atoms with Gasteiger partial charge in [0.05, 0.1) is 0 Å². The number of nitrogens with one attached hydrogen (secondary N) is 1. The second-order valence-corrected chi connectivity index (χ2v) is 6.64. The average Bonchev–Trinajstić information content (AvgIpc) is 2.37. The lowest BCUT2D eigenvalue weighted by Crippen LogP contribution is -2.53. The molecular weight excluding hydrogens is 256 g/mol. The molecule has 0 aromatic heterocycles. The molecule has 0 bridgehead atoms. The molecule has 1 fully saturated rings. The molecule has 2 atom stereocenters. The van der Waals surface area contributed by atoms with E-state index < -0.39 is 5.60 Å². The van der Waals surface area contributed by atoms with Crippen molar-refractivity contribution in [1.29, 1.82) is 0 Å². The fourth-order valence-electron chi connectivity index (χ4n) is 2.82. The molecule has 0 spiro atoms. The van der Waals surface area contributed by atoms with Crippen LogP contribution in [0.4, 0.5) is 4.79 Å². The molecule has 2 aliphatic heterocycles. The number of amides is 1. The third-order valence-electron chi connectivity index (χ3n) is 3.73. The summed E-state index contributed by atoms with van der Waals surface area (Å²) in [6.07, 6.45) is 2.90. The number of nitrogens with two attached hydrogens (primary N) is 1. The van der Waals surface area contributed by atoms with Crippen LogP contribution in [0.15, 0.2) is 4.99 Å². The molecule has 20 heavy (non-hydrogen) atoms. The molecule has 0 saturated carbocycles. The van der Waals surface area contributed by atoms with Gasteiger partial charge in [0.2, 0.25) is 0 Å². The Hall–Kier alpha value is -1.46. The zero-order valence-electron chi connectivity index (χ0n) is 12.7. The number of ether oxygens (including phenoxy) is 1. The van der Waals surface area contributed by atoms with Gasteiger partial charge in [-0.2, -0.15) is 0 Å². The summed E-state index contributed by atoms with van der Waals surface area (Å²) in [4.78, 5) is 18.1. The summed E-state index contributed by atoms with van der Waals surface area (Å²) in [5, 5.41) is 3.24. The van der Waals surface area contributed by atoms with Gasteiger partial charge in [-0.3, -0.25) is 4.99 Å². The van der Waals surface area contributed by atoms with Crippen molar-refractivity contribution in [1.82, 2.24) is 10.2 Å². The molecule has 3 N–H and O–H groups in total. The van der Waals surface area contributed by atoms with Crippen molar-refractivity contribution in [2.75, 3.05) is 19.6 Å². The molecule has 2 heterocycles. The minimum absolute atomic E-state index is 0.209. The van der Waals surface area contributed by atoms with Gasteiger partial charge in [0, 0.05) is 25.7 Å². The van der Waals surface area contributed by atoms with Crippen molar-refractivity contribution >= 4 is 12.1 Å². The van der Waals surface area contributed by atoms with E-state index >= 15 is 0 Å². The second kappa shape index (κ2) is 5.89. The summed E-state index contributed by atoms with van der Waals surface area (Å²) in [6.45, 7) is 7.97. The maximum atomic E-state index is 12.1. The Balaban J connectivity index is 1.91. The molecule has 1 saturated heterocycles. The maximum absolute atomic E-state index is 12.1. The highest BCUT2D eigenvalue weighted by atomic mass is 16.6. The normalized spacial score (nSPS) is 27.6. The molecule has 6 heteroatoms. The van der Waals surface area contributed by atoms with Gasteiger partial charge in [0.25, 0.3) is 0 Å². The van der Waals surface area contributed by atoms with Crippen LogP contribution in [0, 0.1) is 5.92 Å². The van der Waals surface area contributed by atoms with Gasteiger partial charge in [0.15, 0.2) is 5.96 Å². The van der Waals surface area contributed by atoms with E-state index in [1.165, 1.54) is 0 Å². The first-order valence-electron chi connectivity index (χ1n) is 7.39. The van der Waals surface area contributed by atoms with Gasteiger partial charge in [0.1, 0.15) is 5.60 Å². The van der Waals surface area contributed by atoms with Crippen molar-refractivity contribution in [3.05, 3.63) is 0 Å². The zero-order chi connectivity index (χ0) is 14.8. The Kier molecular flexibility index (Phi) is 4.40. The quantitative estimate of drug-likeness (QED) is 0.760. The molecule has 0 aromatic carbocycles. The summed E-state index contributed by atoms with van der Waals surface area (Å²) in [6, 6.07) is 0.317. The van der Waals surface area contributed by atoms with Crippen LogP contribution in [0.5, 0.6) is 0 Å². The Bertz CT molecular complexity index is 389. The van der Waals surface area contributed by atoms with E-state index in [2.05, 4.69) is 10.3 Å². The number of hydrogen-bond acceptors (Lipinski definition) is 5. The summed E-state index contributed by atoms with van der Waals surface area (Å²) >= 11 is 0. The van der Waals surface area contributed by atoms with E-state index in [1.807, 2.05) is 25.7 Å². The number of nitrogens with zero attached hydrogens (tertiary/aromatic N) is 2. The number of hydrogen-bond donors (Lipinski definition) is 2. The molecule has 1 amide bonds. The fourth-order valence-corrected chi connectivity index (χ4v) is 2.82. The van der Waals surface area contributed by atoms with E-state index in [0.717, 1.165) is 38.9 Å². The van der Waals surface area contributed by atoms with Gasteiger partial charge in [-0.15, -0.1) is 0 Å². The smallest absolute Gasteiger partial charge is 0.410 e. The first-order chi connectivity index (χ1) is 9.35. The van der Waals surface area contributed by atoms with Crippen molar-refractivity contribution in [2.45, 2.75) is 51.7 Å². The summed E-state index contributed by atoms with van der Waals surface area (Å²) in [5.74, 6) is 0.945. The number of carbonyl (C=O) groups excluding carboxylic acids is 1. The highest BCUT2D eigenvalue weighted by molar-refractivity contribution is 5.78. The lowest BCUT2D eigenvalue weighted by Gasteiger charge is -2.38. The van der Waals surface area contributed by atoms with Crippen LogP contribution >= 0.6 is 0 Å². The summed E-state index contributed by atoms with van der Waals surface area (Å²) in [5.41, 5.74) is 5.30. The third kappa shape index (κ3) is 4.02. The Labute approximate surface area is 120 Å². The molecule has 6 nitrogen and oxygen atoms in total. The lowest BCUT2D eigenvalue weighted by atomic mass is 9.88. The van der Waals surface area contributed by atoms with Crippen LogP contribution in [0.25, 0.3) is 0 Å². The van der Waals surface area contributed by atoms with Gasteiger partial charge >= 0.3 is 6.09 Å². The number of likely N-dealkylation sites (tertiary alicyclic amines) is 1. The van der Waals surface area contributed by atoms with E-state index in [9.17, 15) is 4.79 Å². The van der Waals surface area contributed by atoms with Crippen molar-refractivity contribution in [3.63, 3.8) is 0 Å². The molecular formula is C14H26N4O2. The first-order valence-corrected chi connectivity index (χ1v) is 7.39. The van der Waals surface area contributed by atoms with Crippen LogP contribution in [-0.4, -0.2) is 48.2 Å². The number of piperidine rings is 1. The minimum Gasteiger partial charge on any atom is -0.444 e. The number of rotatable bonds is 1. The van der Waals surface area contributed by atoms with Crippen molar-refractivity contribution in [3.8, 4) is 0 Å². The molecule has 114 valence electrons. The fraction of sp³-hybridized carbons (Fsp3) is 0.857. The van der Waals surface area contributed by atoms with E-state index in [-0.39, 0.29) is 6.09 Å². The SMILES string of the molecule is CC(C)(C)OC(=O)N1CCCC(C2CCN=C(N)N2)C1. The molecule has 0 radical (unpaired) electrons. The molecule has 0 aromatic rings. The molecule has 2 rings (SSSR count). The zero-order valence-corrected chi connectivity index (χ0v) is 12.7. The van der Waals surface area contributed by atoms with Gasteiger partial charge < -0.3 is 20.7 Å². The highest BCUT2D eigenvalue weighted by Crippen LogP contribution is 2.24. The van der Waals surface area contributed by atoms with Gasteiger partial charge in [-0.1, -0.05) is 0 Å². The predicted molar refractivity (Wildman–Crippen MR) is 78.6 cm³/mol. The molecule has 2 aliphatic rings. The number of carbonyl (C=O) groups is 1. The largest absolute Gasteiger partial charge is 0.444 e. The van der Waals surface area contributed by atoms with Crippen LogP contribution in [0.3, 0.4) is 0 Å². The number of aliphatic imine (C=N–C) groups is 1. The predicted octanol–water partition coefficient (Wildman–Crippen LogP) is 1.31. The number of guanidine groups is 1. The van der Waals surface area contributed by atoms with Crippen LogP contribution in [0.2, 0.25) is 0 Å². The lowest BCUT2D eigenvalue weighted by molar-refractivity contribution is 0.0146. The minimum atomic E-state index is -0.440. The topological polar surface area (TPSA) is 80.0 Å². The van der Waals surface area contributed by atoms with Crippen molar-refractivity contribution in [2.24, 2.45) is 16.6 Å². The monoisotopic (exact) mass is 282 g/mol. The van der Waals surface area contributed by atoms with Crippen LogP contribution in [-0.2, 0) is 4.74 Å². The maximum Gasteiger partial charge on any atom is 0.410 e. The van der Waals surface area contributed by atoms with Crippen LogP contribution < -0.4 is 11.1 Å². The van der Waals surface area contributed by atoms with E-state index in [0.29, 0.717) is 17.9 Å². The molecule has 2 unspecified atom stereocenters. The standard InChI is InChI=1S/C14H26N4O2/c1-14(2,3)20-13(19)18-8-4-5-10(9-18)11-6-7-16-12(15)17-11/h10-11H,4-9H2,1-3H3,(H3,15,16,17). The summed E-state index contributed by atoms with van der Waals surface area (Å²) < 4.78 is 5.45. The van der Waals surface area contributed by atoms with E-state index in [4.69, 9.17) is 10.5 Å². The van der Waals surface area contributed by atoms with Crippen molar-refractivity contribution < 1.29 is 9.53 Å². The third-order valence-corrected chi connectivity index (χ3v) is 3.73. The van der Waals surface area contributed by atoms with Gasteiger partial charge in [-0.05, 0) is 46.0 Å². The highest BCUT2D eigenvalue weighted by Gasteiger charge is 2.32. The van der Waals surface area contributed by atoms with E-state index in [1.54, 1.807) is 0 Å². The first kappa shape index (κ1) is 14.9. The Morgan fingerprint density at radius 3 is 2.85 bits per heavy atom. The Morgan fingerprint density at radius 1 is 1.45 bits per heavy atom. The second-order valence-electron chi connectivity index (χ2n) is 6.64. The molecule has 0 aliphatic carbocycles.